The standard InChI is InChI=1S/2C8H11.Ir/c2*1-2-4-6-8-7-5-3-1;/h2*1-3H,4,6-8H2;/q2*-1;. The molecule has 0 aliphatic heterocycles. The number of hydrogen-bond acceptors (Lipinski definition) is 0. The SMILES string of the molecule is [C-]1=CC=CCCCC1.[C-]1=CC=CCCCC1.[Ir]. The second-order valence-corrected chi connectivity index (χ2v) is 4.09. The van der Waals surface area contributed by atoms with E-state index >= 15 is 0 Å². The van der Waals surface area contributed by atoms with Crippen molar-refractivity contribution in [3.8, 4) is 0 Å². The molecule has 0 aromatic rings. The van der Waals surface area contributed by atoms with E-state index in [9.17, 15) is 0 Å². The van der Waals surface area contributed by atoms with Crippen LogP contribution >= 0.6 is 0 Å². The minimum absolute atomic E-state index is 0. The summed E-state index contributed by atoms with van der Waals surface area (Å²) in [5.41, 5.74) is 0. The molecular formula is C16H22Ir-2. The fraction of sp³-hybridized carbons (Fsp3) is 0.500. The van der Waals surface area contributed by atoms with Crippen LogP contribution in [0.15, 0.2) is 36.5 Å². The van der Waals surface area contributed by atoms with Gasteiger partial charge < -0.3 is 0 Å². The van der Waals surface area contributed by atoms with E-state index < -0.39 is 0 Å². The molecule has 0 unspecified atom stereocenters. The van der Waals surface area contributed by atoms with Crippen LogP contribution in [0.1, 0.15) is 51.4 Å². The molecule has 0 amide bonds. The van der Waals surface area contributed by atoms with Crippen LogP contribution in [0.5, 0.6) is 0 Å². The van der Waals surface area contributed by atoms with Crippen molar-refractivity contribution in [2.24, 2.45) is 0 Å². The van der Waals surface area contributed by atoms with Crippen LogP contribution in [-0.4, -0.2) is 0 Å². The van der Waals surface area contributed by atoms with Crippen molar-refractivity contribution in [3.63, 3.8) is 0 Å². The molecule has 2 aliphatic rings. The third-order valence-electron chi connectivity index (χ3n) is 2.58. The van der Waals surface area contributed by atoms with Gasteiger partial charge >= 0.3 is 0 Å². The molecule has 2 aliphatic carbocycles. The van der Waals surface area contributed by atoms with Crippen LogP contribution < -0.4 is 0 Å². The molecule has 0 aromatic carbocycles. The van der Waals surface area contributed by atoms with Gasteiger partial charge in [-0.25, -0.2) is 24.3 Å². The maximum Gasteiger partial charge on any atom is 0 e. The molecular weight excluding hydrogens is 384 g/mol. The molecule has 0 spiro atoms. The van der Waals surface area contributed by atoms with Gasteiger partial charge in [-0.1, -0.05) is 38.5 Å². The van der Waals surface area contributed by atoms with E-state index in [2.05, 4.69) is 36.5 Å². The van der Waals surface area contributed by atoms with Gasteiger partial charge in [-0.15, -0.1) is 12.8 Å². The smallest absolute Gasteiger partial charge is 0 e. The molecule has 0 heterocycles. The van der Waals surface area contributed by atoms with Crippen LogP contribution in [0.4, 0.5) is 0 Å². The van der Waals surface area contributed by atoms with E-state index in [0.29, 0.717) is 0 Å². The van der Waals surface area contributed by atoms with E-state index in [4.69, 9.17) is 0 Å². The van der Waals surface area contributed by atoms with Crippen molar-refractivity contribution < 1.29 is 20.1 Å². The van der Waals surface area contributed by atoms with E-state index in [-0.39, 0.29) is 20.1 Å². The summed E-state index contributed by atoms with van der Waals surface area (Å²) in [6.07, 6.45) is 29.0. The maximum absolute atomic E-state index is 3.18. The van der Waals surface area contributed by atoms with Crippen molar-refractivity contribution in [2.45, 2.75) is 51.4 Å². The van der Waals surface area contributed by atoms with Crippen LogP contribution in [-0.2, 0) is 20.1 Å². The zero-order valence-corrected chi connectivity index (χ0v) is 12.8. The van der Waals surface area contributed by atoms with Gasteiger partial charge in [-0.05, 0) is 0 Å². The number of hydrogen-bond donors (Lipinski definition) is 0. The molecule has 0 saturated carbocycles. The van der Waals surface area contributed by atoms with Crippen molar-refractivity contribution in [2.75, 3.05) is 0 Å². The van der Waals surface area contributed by atoms with Crippen LogP contribution in [0.2, 0.25) is 0 Å². The zero-order valence-electron chi connectivity index (χ0n) is 10.5. The van der Waals surface area contributed by atoms with Gasteiger partial charge in [0.25, 0.3) is 0 Å². The maximum atomic E-state index is 3.18. The average Bonchev–Trinajstić information content (AvgIpc) is 2.15. The molecule has 1 radical (unpaired) electrons. The first kappa shape index (κ1) is 16.6. The van der Waals surface area contributed by atoms with Gasteiger partial charge in [0.2, 0.25) is 0 Å². The third kappa shape index (κ3) is 11.9. The van der Waals surface area contributed by atoms with Gasteiger partial charge in [0.1, 0.15) is 0 Å². The topological polar surface area (TPSA) is 0 Å². The molecule has 0 bridgehead atoms. The Bertz CT molecular complexity index is 203. The van der Waals surface area contributed by atoms with Crippen molar-refractivity contribution in [1.82, 2.24) is 0 Å². The summed E-state index contributed by atoms with van der Waals surface area (Å²) >= 11 is 0. The Hall–Kier alpha value is -0.391. The molecule has 1 heteroatoms. The van der Waals surface area contributed by atoms with E-state index in [1.54, 1.807) is 0 Å². The monoisotopic (exact) mass is 407 g/mol. The predicted molar refractivity (Wildman–Crippen MR) is 70.8 cm³/mol. The van der Waals surface area contributed by atoms with E-state index in [0.717, 1.165) is 12.8 Å². The first-order valence-electron chi connectivity index (χ1n) is 6.43. The van der Waals surface area contributed by atoms with Crippen molar-refractivity contribution in [1.29, 1.82) is 0 Å². The summed E-state index contributed by atoms with van der Waals surface area (Å²) in [4.78, 5) is 0. The third-order valence-corrected chi connectivity index (χ3v) is 2.58. The molecule has 0 aromatic heterocycles. The Labute approximate surface area is 120 Å². The fourth-order valence-corrected chi connectivity index (χ4v) is 1.61. The molecule has 0 fully saturated rings. The second kappa shape index (κ2) is 13.7. The van der Waals surface area contributed by atoms with Gasteiger partial charge in [-0.3, -0.25) is 12.2 Å². The summed E-state index contributed by atoms with van der Waals surface area (Å²) in [6.45, 7) is 0. The summed E-state index contributed by atoms with van der Waals surface area (Å²) in [6, 6.07) is 0. The minimum atomic E-state index is 0. The summed E-state index contributed by atoms with van der Waals surface area (Å²) in [7, 11) is 0. The zero-order chi connectivity index (χ0) is 11.3. The second-order valence-electron chi connectivity index (χ2n) is 4.09. The summed E-state index contributed by atoms with van der Waals surface area (Å²) in [5, 5.41) is 0. The Balaban J connectivity index is 0.000000284. The van der Waals surface area contributed by atoms with Crippen molar-refractivity contribution in [3.05, 3.63) is 48.6 Å². The van der Waals surface area contributed by atoms with Gasteiger partial charge in [0, 0.05) is 20.1 Å². The normalized spacial score (nSPS) is 18.8. The van der Waals surface area contributed by atoms with Crippen LogP contribution in [0, 0.1) is 12.2 Å². The van der Waals surface area contributed by atoms with Crippen LogP contribution in [0.25, 0.3) is 0 Å². The van der Waals surface area contributed by atoms with Gasteiger partial charge in [-0.2, -0.15) is 12.2 Å². The molecule has 0 saturated heterocycles. The Kier molecular flexibility index (Phi) is 13.4. The quantitative estimate of drug-likeness (QED) is 0.500. The summed E-state index contributed by atoms with van der Waals surface area (Å²) in [5.74, 6) is 0. The first-order valence-corrected chi connectivity index (χ1v) is 6.43. The average molecular weight is 407 g/mol. The van der Waals surface area contributed by atoms with Gasteiger partial charge in [0.15, 0.2) is 0 Å². The van der Waals surface area contributed by atoms with Gasteiger partial charge in [0.05, 0.1) is 0 Å². The number of allylic oxidation sites excluding steroid dienone is 8. The molecule has 17 heavy (non-hydrogen) atoms. The predicted octanol–water partition coefficient (Wildman–Crippen LogP) is 4.95. The first-order chi connectivity index (χ1) is 8.00. The molecule has 0 atom stereocenters. The molecule has 0 nitrogen and oxygen atoms in total. The minimum Gasteiger partial charge on any atom is -0.275 e. The Morgan fingerprint density at radius 2 is 1.12 bits per heavy atom. The Morgan fingerprint density at radius 3 is 1.59 bits per heavy atom. The Morgan fingerprint density at radius 1 is 0.647 bits per heavy atom. The van der Waals surface area contributed by atoms with E-state index in [1.807, 2.05) is 12.2 Å². The molecule has 2 rings (SSSR count). The molecule has 97 valence electrons. The fourth-order valence-electron chi connectivity index (χ4n) is 1.61. The largest absolute Gasteiger partial charge is 0.275 e. The van der Waals surface area contributed by atoms with Crippen LogP contribution in [0.3, 0.4) is 0 Å². The van der Waals surface area contributed by atoms with E-state index in [1.165, 1.54) is 38.5 Å². The summed E-state index contributed by atoms with van der Waals surface area (Å²) < 4.78 is 0. The molecule has 0 N–H and O–H groups in total. The van der Waals surface area contributed by atoms with Crippen molar-refractivity contribution >= 4 is 0 Å². The number of rotatable bonds is 0.